The molecule has 0 atom stereocenters. The maximum Gasteiger partial charge on any atom is 0.258 e. The lowest BCUT2D eigenvalue weighted by atomic mass is 10.4. The molecule has 0 unspecified atom stereocenters. The van der Waals surface area contributed by atoms with Crippen molar-refractivity contribution in [1.29, 1.82) is 0 Å². The second-order valence-corrected chi connectivity index (χ2v) is 5.76. The minimum atomic E-state index is -3.61. The summed E-state index contributed by atoms with van der Waals surface area (Å²) in [7, 11) is -2.02. The van der Waals surface area contributed by atoms with E-state index in [0.717, 1.165) is 0 Å². The maximum absolute atomic E-state index is 12.2. The minimum absolute atomic E-state index is 0.0980. The first-order chi connectivity index (χ1) is 8.95. The Hall–Kier alpha value is -1.74. The van der Waals surface area contributed by atoms with Gasteiger partial charge >= 0.3 is 0 Å². The number of aryl methyl sites for hydroxylation is 3. The minimum Gasteiger partial charge on any atom is -0.256 e. The monoisotopic (exact) mass is 284 g/mol. The summed E-state index contributed by atoms with van der Waals surface area (Å²) in [6.45, 7) is 4.36. The Morgan fingerprint density at radius 2 is 2.11 bits per heavy atom. The van der Waals surface area contributed by atoms with Gasteiger partial charge in [0.15, 0.2) is 5.03 Å². The van der Waals surface area contributed by atoms with Gasteiger partial charge in [-0.1, -0.05) is 0 Å². The molecule has 0 saturated carbocycles. The molecule has 8 nitrogen and oxygen atoms in total. The van der Waals surface area contributed by atoms with E-state index in [1.807, 2.05) is 6.92 Å². The first-order valence-corrected chi connectivity index (χ1v) is 7.29. The second kappa shape index (κ2) is 5.10. The van der Waals surface area contributed by atoms with E-state index >= 15 is 0 Å². The van der Waals surface area contributed by atoms with Crippen LogP contribution in [0.1, 0.15) is 18.3 Å². The van der Waals surface area contributed by atoms with Crippen molar-refractivity contribution in [2.45, 2.75) is 32.0 Å². The van der Waals surface area contributed by atoms with E-state index in [4.69, 9.17) is 0 Å². The van der Waals surface area contributed by atoms with E-state index in [2.05, 4.69) is 19.9 Å². The Kier molecular flexibility index (Phi) is 3.67. The van der Waals surface area contributed by atoms with E-state index in [-0.39, 0.29) is 11.6 Å². The van der Waals surface area contributed by atoms with Crippen molar-refractivity contribution >= 4 is 10.0 Å². The van der Waals surface area contributed by atoms with E-state index in [0.29, 0.717) is 17.9 Å². The van der Waals surface area contributed by atoms with Crippen LogP contribution in [-0.2, 0) is 30.2 Å². The molecule has 1 N–H and O–H groups in total. The third-order valence-electron chi connectivity index (χ3n) is 2.73. The van der Waals surface area contributed by atoms with Crippen LogP contribution in [0.4, 0.5) is 0 Å². The van der Waals surface area contributed by atoms with Gasteiger partial charge in [0, 0.05) is 19.2 Å². The van der Waals surface area contributed by atoms with Gasteiger partial charge in [0.1, 0.15) is 12.2 Å². The van der Waals surface area contributed by atoms with Crippen molar-refractivity contribution in [3.05, 3.63) is 23.9 Å². The van der Waals surface area contributed by atoms with Crippen molar-refractivity contribution < 1.29 is 8.42 Å². The average molecular weight is 284 g/mol. The summed E-state index contributed by atoms with van der Waals surface area (Å²) >= 11 is 0. The van der Waals surface area contributed by atoms with Gasteiger partial charge in [-0.15, -0.1) is 0 Å². The zero-order valence-corrected chi connectivity index (χ0v) is 11.8. The van der Waals surface area contributed by atoms with Crippen LogP contribution in [0.15, 0.2) is 17.6 Å². The highest BCUT2D eigenvalue weighted by atomic mass is 32.2. The number of nitrogens with one attached hydrogen (secondary N) is 1. The maximum atomic E-state index is 12.2. The SMILES string of the molecule is CCn1ncnc1CNS(=O)(=O)c1c(C)cnn1C. The molecule has 0 aromatic carbocycles. The fourth-order valence-electron chi connectivity index (χ4n) is 1.84. The largest absolute Gasteiger partial charge is 0.258 e. The Balaban J connectivity index is 2.19. The normalized spacial score (nSPS) is 11.9. The van der Waals surface area contributed by atoms with E-state index in [1.54, 1.807) is 18.7 Å². The Labute approximate surface area is 111 Å². The van der Waals surface area contributed by atoms with Gasteiger partial charge in [0.2, 0.25) is 0 Å². The molecule has 0 fully saturated rings. The summed E-state index contributed by atoms with van der Waals surface area (Å²) in [5.41, 5.74) is 0.604. The van der Waals surface area contributed by atoms with E-state index < -0.39 is 10.0 Å². The molecular formula is C10H16N6O2S. The summed E-state index contributed by atoms with van der Waals surface area (Å²) in [6.07, 6.45) is 2.92. The third kappa shape index (κ3) is 2.66. The smallest absolute Gasteiger partial charge is 0.256 e. The summed E-state index contributed by atoms with van der Waals surface area (Å²) in [6, 6.07) is 0. The highest BCUT2D eigenvalue weighted by Gasteiger charge is 2.21. The first kappa shape index (κ1) is 13.7. The molecule has 2 heterocycles. The van der Waals surface area contributed by atoms with Gasteiger partial charge in [0.05, 0.1) is 12.7 Å². The van der Waals surface area contributed by atoms with Crippen LogP contribution in [0, 0.1) is 6.92 Å². The first-order valence-electron chi connectivity index (χ1n) is 5.80. The lowest BCUT2D eigenvalue weighted by Gasteiger charge is -2.08. The molecule has 2 aromatic heterocycles. The quantitative estimate of drug-likeness (QED) is 0.821. The van der Waals surface area contributed by atoms with Gasteiger partial charge in [0.25, 0.3) is 10.0 Å². The van der Waals surface area contributed by atoms with E-state index in [9.17, 15) is 8.42 Å². The second-order valence-electron chi connectivity index (χ2n) is 4.07. The molecular weight excluding hydrogens is 268 g/mol. The van der Waals surface area contributed by atoms with Crippen LogP contribution in [0.2, 0.25) is 0 Å². The van der Waals surface area contributed by atoms with Crippen molar-refractivity contribution in [3.8, 4) is 0 Å². The van der Waals surface area contributed by atoms with Crippen LogP contribution in [0.5, 0.6) is 0 Å². The predicted molar refractivity (Wildman–Crippen MR) is 67.7 cm³/mol. The van der Waals surface area contributed by atoms with Gasteiger partial charge < -0.3 is 0 Å². The number of nitrogens with zero attached hydrogens (tertiary/aromatic N) is 5. The Morgan fingerprint density at radius 1 is 1.37 bits per heavy atom. The van der Waals surface area contributed by atoms with Crippen molar-refractivity contribution in [2.24, 2.45) is 7.05 Å². The number of rotatable bonds is 5. The molecule has 0 amide bonds. The number of hydrogen-bond acceptors (Lipinski definition) is 5. The third-order valence-corrected chi connectivity index (χ3v) is 4.35. The predicted octanol–water partition coefficient (Wildman–Crippen LogP) is -0.182. The topological polar surface area (TPSA) is 94.7 Å². The molecule has 19 heavy (non-hydrogen) atoms. The lowest BCUT2D eigenvalue weighted by molar-refractivity contribution is 0.552. The lowest BCUT2D eigenvalue weighted by Crippen LogP contribution is -2.27. The number of hydrogen-bond donors (Lipinski definition) is 1. The standard InChI is InChI=1S/C10H16N6O2S/c1-4-16-9(11-7-13-16)6-14-19(17,18)10-8(2)5-12-15(10)3/h5,7,14H,4,6H2,1-3H3. The molecule has 0 aliphatic carbocycles. The molecule has 0 aliphatic rings. The van der Waals surface area contributed by atoms with Crippen LogP contribution in [0.25, 0.3) is 0 Å². The van der Waals surface area contributed by atoms with Crippen molar-refractivity contribution in [3.63, 3.8) is 0 Å². The van der Waals surface area contributed by atoms with Crippen molar-refractivity contribution in [1.82, 2.24) is 29.3 Å². The molecule has 0 saturated heterocycles. The summed E-state index contributed by atoms with van der Waals surface area (Å²) in [5.74, 6) is 0.575. The molecule has 0 aliphatic heterocycles. The van der Waals surface area contributed by atoms with Gasteiger partial charge in [-0.2, -0.15) is 10.2 Å². The summed E-state index contributed by atoms with van der Waals surface area (Å²) in [4.78, 5) is 4.02. The van der Waals surface area contributed by atoms with Gasteiger partial charge in [-0.25, -0.2) is 22.8 Å². The molecule has 0 radical (unpaired) electrons. The number of sulfonamides is 1. The highest BCUT2D eigenvalue weighted by Crippen LogP contribution is 2.13. The molecule has 104 valence electrons. The van der Waals surface area contributed by atoms with Crippen LogP contribution < -0.4 is 4.72 Å². The van der Waals surface area contributed by atoms with Crippen LogP contribution >= 0.6 is 0 Å². The fourth-order valence-corrected chi connectivity index (χ4v) is 3.17. The molecule has 2 aromatic rings. The molecule has 9 heteroatoms. The van der Waals surface area contributed by atoms with Gasteiger partial charge in [-0.3, -0.25) is 4.68 Å². The highest BCUT2D eigenvalue weighted by molar-refractivity contribution is 7.89. The average Bonchev–Trinajstić information content (AvgIpc) is 2.93. The Morgan fingerprint density at radius 3 is 2.68 bits per heavy atom. The molecule has 2 rings (SSSR count). The summed E-state index contributed by atoms with van der Waals surface area (Å²) < 4.78 is 29.9. The van der Waals surface area contributed by atoms with Gasteiger partial charge in [-0.05, 0) is 13.8 Å². The fraction of sp³-hybridized carbons (Fsp3) is 0.500. The van der Waals surface area contributed by atoms with Crippen molar-refractivity contribution in [2.75, 3.05) is 0 Å². The summed E-state index contributed by atoms with van der Waals surface area (Å²) in [5, 5.41) is 8.07. The zero-order valence-electron chi connectivity index (χ0n) is 11.0. The molecule has 0 bridgehead atoms. The Bertz CT molecular complexity index is 653. The van der Waals surface area contributed by atoms with Crippen LogP contribution in [-0.4, -0.2) is 33.0 Å². The molecule has 0 spiro atoms. The number of aromatic nitrogens is 5. The van der Waals surface area contributed by atoms with Crippen LogP contribution in [0.3, 0.4) is 0 Å². The van der Waals surface area contributed by atoms with E-state index in [1.165, 1.54) is 17.2 Å². The zero-order chi connectivity index (χ0) is 14.0.